The summed E-state index contributed by atoms with van der Waals surface area (Å²) >= 11 is 0. The Hall–Kier alpha value is -0.483. The van der Waals surface area contributed by atoms with Crippen LogP contribution in [0.15, 0.2) is 0 Å². The van der Waals surface area contributed by atoms with Gasteiger partial charge in [0.05, 0.1) is 5.60 Å². The van der Waals surface area contributed by atoms with Crippen LogP contribution in [0.3, 0.4) is 0 Å². The molecule has 0 radical (unpaired) electrons. The lowest BCUT2D eigenvalue weighted by molar-refractivity contribution is -0.128. The van der Waals surface area contributed by atoms with E-state index in [9.17, 15) is 9.59 Å². The number of hydrogen-bond donors (Lipinski definition) is 0. The fourth-order valence-corrected chi connectivity index (χ4v) is 7.34. The molecular formula is C21H40O3Si. The number of hydrogen-bond acceptors (Lipinski definition) is 3. The fourth-order valence-electron chi connectivity index (χ4n) is 4.13. The van der Waals surface area contributed by atoms with E-state index in [1.807, 2.05) is 13.8 Å². The van der Waals surface area contributed by atoms with Gasteiger partial charge >= 0.3 is 0 Å². The van der Waals surface area contributed by atoms with Crippen molar-refractivity contribution in [1.82, 2.24) is 0 Å². The van der Waals surface area contributed by atoms with Crippen molar-refractivity contribution in [3.05, 3.63) is 0 Å². The molecule has 25 heavy (non-hydrogen) atoms. The number of Topliss-reactive ketones (excluding diaryl/α,β-unsaturated/α-hetero) is 2. The molecule has 0 N–H and O–H groups in total. The second-order valence-electron chi connectivity index (χ2n) is 8.70. The molecule has 0 bridgehead atoms. The molecule has 0 saturated heterocycles. The van der Waals surface area contributed by atoms with Crippen molar-refractivity contribution in [3.63, 3.8) is 0 Å². The van der Waals surface area contributed by atoms with E-state index < -0.39 is 8.32 Å². The van der Waals surface area contributed by atoms with E-state index in [0.717, 1.165) is 31.0 Å². The molecule has 0 unspecified atom stereocenters. The quantitative estimate of drug-likeness (QED) is 0.558. The molecule has 1 aliphatic rings. The maximum Gasteiger partial charge on any atom is 0.192 e. The Kier molecular flexibility index (Phi) is 8.53. The van der Waals surface area contributed by atoms with Crippen LogP contribution in [-0.2, 0) is 14.0 Å². The van der Waals surface area contributed by atoms with Crippen molar-refractivity contribution in [3.8, 4) is 0 Å². The molecule has 0 aromatic heterocycles. The van der Waals surface area contributed by atoms with Gasteiger partial charge in [0.2, 0.25) is 0 Å². The molecule has 146 valence electrons. The minimum Gasteiger partial charge on any atom is -0.412 e. The van der Waals surface area contributed by atoms with Gasteiger partial charge in [0, 0.05) is 24.7 Å². The van der Waals surface area contributed by atoms with Crippen LogP contribution >= 0.6 is 0 Å². The summed E-state index contributed by atoms with van der Waals surface area (Å²) in [5.74, 6) is 0.911. The summed E-state index contributed by atoms with van der Waals surface area (Å²) in [7, 11) is -1.74. The molecule has 0 aliphatic heterocycles. The van der Waals surface area contributed by atoms with Crippen LogP contribution in [-0.4, -0.2) is 25.5 Å². The zero-order valence-corrected chi connectivity index (χ0v) is 18.6. The summed E-state index contributed by atoms with van der Waals surface area (Å²) < 4.78 is 6.83. The van der Waals surface area contributed by atoms with Gasteiger partial charge in [-0.25, -0.2) is 0 Å². The zero-order valence-electron chi connectivity index (χ0n) is 17.6. The molecule has 0 aromatic carbocycles. The average molecular weight is 369 g/mol. The van der Waals surface area contributed by atoms with Gasteiger partial charge in [0.15, 0.2) is 8.32 Å². The molecule has 0 heterocycles. The predicted octanol–water partition coefficient (Wildman–Crippen LogP) is 5.78. The molecule has 4 heteroatoms. The Balaban J connectivity index is 3.02. The van der Waals surface area contributed by atoms with E-state index in [2.05, 4.69) is 34.6 Å². The van der Waals surface area contributed by atoms with E-state index in [0.29, 0.717) is 30.8 Å². The Bertz CT molecular complexity index is 446. The summed E-state index contributed by atoms with van der Waals surface area (Å²) in [6.07, 6.45) is 3.62. The summed E-state index contributed by atoms with van der Waals surface area (Å²) in [6.45, 7) is 15.1. The third-order valence-electron chi connectivity index (χ3n) is 6.71. The lowest BCUT2D eigenvalue weighted by atomic mass is 9.77. The van der Waals surface area contributed by atoms with E-state index in [4.69, 9.17) is 4.43 Å². The van der Waals surface area contributed by atoms with Crippen molar-refractivity contribution in [1.29, 1.82) is 0 Å². The highest BCUT2D eigenvalue weighted by molar-refractivity contribution is 6.73. The summed E-state index contributed by atoms with van der Waals surface area (Å²) in [5, 5.41) is 0. The number of carbonyl (C=O) groups is 2. The summed E-state index contributed by atoms with van der Waals surface area (Å²) in [4.78, 5) is 25.0. The van der Waals surface area contributed by atoms with E-state index in [1.165, 1.54) is 0 Å². The second-order valence-corrected chi connectivity index (χ2v) is 13.4. The Morgan fingerprint density at radius 1 is 0.920 bits per heavy atom. The van der Waals surface area contributed by atoms with E-state index in [1.54, 1.807) is 0 Å². The average Bonchev–Trinajstić information content (AvgIpc) is 2.59. The summed E-state index contributed by atoms with van der Waals surface area (Å²) in [5.41, 5.74) is -0.300. The van der Waals surface area contributed by atoms with Gasteiger partial charge in [-0.15, -0.1) is 0 Å². The van der Waals surface area contributed by atoms with Crippen LogP contribution in [0.4, 0.5) is 0 Å². The van der Waals surface area contributed by atoms with E-state index in [-0.39, 0.29) is 23.4 Å². The Labute approximate surface area is 156 Å². The predicted molar refractivity (Wildman–Crippen MR) is 107 cm³/mol. The van der Waals surface area contributed by atoms with Gasteiger partial charge in [-0.1, -0.05) is 34.6 Å². The molecule has 0 aromatic rings. The van der Waals surface area contributed by atoms with Gasteiger partial charge in [-0.3, -0.25) is 9.59 Å². The highest BCUT2D eigenvalue weighted by atomic mass is 28.4. The van der Waals surface area contributed by atoms with Crippen molar-refractivity contribution in [2.45, 2.75) is 104 Å². The minimum absolute atomic E-state index is 0.0157. The Morgan fingerprint density at radius 2 is 1.44 bits per heavy atom. The van der Waals surface area contributed by atoms with Gasteiger partial charge in [0.1, 0.15) is 11.6 Å². The van der Waals surface area contributed by atoms with Crippen LogP contribution in [0.25, 0.3) is 0 Å². The maximum absolute atomic E-state index is 12.7. The molecule has 1 fully saturated rings. The number of rotatable bonds is 6. The lowest BCUT2D eigenvalue weighted by Crippen LogP contribution is -2.48. The number of carbonyl (C=O) groups excluding carboxylic acids is 2. The molecule has 3 nitrogen and oxygen atoms in total. The topological polar surface area (TPSA) is 43.4 Å². The largest absolute Gasteiger partial charge is 0.412 e. The molecule has 1 aliphatic carbocycles. The first-order valence-electron chi connectivity index (χ1n) is 10.4. The normalized spacial score (nSPS) is 27.4. The number of ketones is 2. The third-order valence-corrected chi connectivity index (χ3v) is 11.5. The van der Waals surface area contributed by atoms with Crippen LogP contribution in [0.1, 0.15) is 80.6 Å². The van der Waals surface area contributed by atoms with Crippen molar-refractivity contribution >= 4 is 19.9 Å². The molecule has 3 atom stereocenters. The maximum atomic E-state index is 12.7. The van der Waals surface area contributed by atoms with Crippen LogP contribution in [0.2, 0.25) is 18.1 Å². The van der Waals surface area contributed by atoms with Crippen molar-refractivity contribution < 1.29 is 14.0 Å². The van der Waals surface area contributed by atoms with Crippen molar-refractivity contribution in [2.24, 2.45) is 17.8 Å². The van der Waals surface area contributed by atoms with Crippen LogP contribution < -0.4 is 0 Å². The molecule has 0 amide bonds. The molecule has 1 rings (SSSR count). The first-order chi connectivity index (χ1) is 11.6. The van der Waals surface area contributed by atoms with Crippen LogP contribution in [0, 0.1) is 17.8 Å². The first kappa shape index (κ1) is 22.6. The highest BCUT2D eigenvalue weighted by Crippen LogP contribution is 2.37. The minimum atomic E-state index is -1.74. The standard InChI is InChI=1S/C21H40O3Si/c1-8-25(9-2,10-3)24-21(6,7)18-13-11-16(4)19(22)14-12-17(5)20(23)15-18/h16-18H,8-15H2,1-7H3/t16-,17+,18-/m1/s1. The zero-order chi connectivity index (χ0) is 19.3. The SMILES string of the molecule is CC[Si](CC)(CC)OC(C)(C)[C@@H]1CC[C@@H](C)C(=O)CC[C@H](C)C(=O)C1. The summed E-state index contributed by atoms with van der Waals surface area (Å²) in [6, 6.07) is 3.36. The monoisotopic (exact) mass is 368 g/mol. The molecule has 1 saturated carbocycles. The van der Waals surface area contributed by atoms with Crippen LogP contribution in [0.5, 0.6) is 0 Å². The van der Waals surface area contributed by atoms with Gasteiger partial charge in [0.25, 0.3) is 0 Å². The molecular weight excluding hydrogens is 328 g/mol. The molecule has 0 spiro atoms. The second kappa shape index (κ2) is 9.45. The lowest BCUT2D eigenvalue weighted by Gasteiger charge is -2.43. The van der Waals surface area contributed by atoms with Gasteiger partial charge in [-0.05, 0) is 57.2 Å². The third kappa shape index (κ3) is 6.02. The first-order valence-corrected chi connectivity index (χ1v) is 12.9. The van der Waals surface area contributed by atoms with Crippen molar-refractivity contribution in [2.75, 3.05) is 0 Å². The smallest absolute Gasteiger partial charge is 0.192 e. The fraction of sp³-hybridized carbons (Fsp3) is 0.905. The highest BCUT2D eigenvalue weighted by Gasteiger charge is 2.41. The van der Waals surface area contributed by atoms with E-state index >= 15 is 0 Å². The Morgan fingerprint density at radius 3 is 1.96 bits per heavy atom. The van der Waals surface area contributed by atoms with Gasteiger partial charge < -0.3 is 4.43 Å². The van der Waals surface area contributed by atoms with Gasteiger partial charge in [-0.2, -0.15) is 0 Å².